The van der Waals surface area contributed by atoms with Gasteiger partial charge < -0.3 is 20.7 Å². The summed E-state index contributed by atoms with van der Waals surface area (Å²) in [5.41, 5.74) is 5.65. The van der Waals surface area contributed by atoms with Gasteiger partial charge in [0.2, 0.25) is 5.91 Å². The third kappa shape index (κ3) is 5.73. The Morgan fingerprint density at radius 1 is 1.21 bits per heavy atom. The number of rotatable bonds is 5. The smallest absolute Gasteiger partial charge is 0.406 e. The van der Waals surface area contributed by atoms with Gasteiger partial charge in [-0.2, -0.15) is 0 Å². The van der Waals surface area contributed by atoms with E-state index >= 15 is 0 Å². The number of nitrogens with two attached hydrogens (primary N) is 1. The summed E-state index contributed by atoms with van der Waals surface area (Å²) in [6, 6.07) is 4.95. The molecule has 1 aromatic rings. The quantitative estimate of drug-likeness (QED) is 0.717. The average molecular weight is 346 g/mol. The largest absolute Gasteiger partial charge is 0.573 e. The lowest BCUT2D eigenvalue weighted by atomic mass is 9.96. The summed E-state index contributed by atoms with van der Waals surface area (Å²) in [6.45, 7) is 1.59. The maximum absolute atomic E-state index is 12.1. The fraction of sp³-hybridized carbons (Fsp3) is 0.467. The Morgan fingerprint density at radius 3 is 2.29 bits per heavy atom. The SMILES string of the molecule is NC(=O)C1CC[NH+](CC(=O)Nc2ccc(OC(F)(F)F)cc2)CC1. The highest BCUT2D eigenvalue weighted by atomic mass is 19.4. The number of carbonyl (C=O) groups excluding carboxylic acids is 2. The van der Waals surface area contributed by atoms with Gasteiger partial charge in [-0.1, -0.05) is 0 Å². The number of nitrogens with one attached hydrogen (secondary N) is 2. The van der Waals surface area contributed by atoms with Gasteiger partial charge in [-0.05, 0) is 24.3 Å². The van der Waals surface area contributed by atoms with Gasteiger partial charge in [-0.25, -0.2) is 0 Å². The van der Waals surface area contributed by atoms with Crippen molar-refractivity contribution in [3.05, 3.63) is 24.3 Å². The molecule has 0 aromatic heterocycles. The molecule has 2 rings (SSSR count). The van der Waals surface area contributed by atoms with Crippen LogP contribution in [0.15, 0.2) is 24.3 Å². The van der Waals surface area contributed by atoms with E-state index in [2.05, 4.69) is 10.1 Å². The second-order valence-electron chi connectivity index (χ2n) is 5.72. The van der Waals surface area contributed by atoms with Crippen molar-refractivity contribution in [2.45, 2.75) is 19.2 Å². The maximum atomic E-state index is 12.1. The number of piperidine rings is 1. The number of carbonyl (C=O) groups is 2. The summed E-state index contributed by atoms with van der Waals surface area (Å²) < 4.78 is 40.0. The molecular formula is C15H19F3N3O3+. The van der Waals surface area contributed by atoms with Crippen molar-refractivity contribution >= 4 is 17.5 Å². The summed E-state index contributed by atoms with van der Waals surface area (Å²) in [6.07, 6.45) is -3.44. The van der Waals surface area contributed by atoms with Crippen LogP contribution < -0.4 is 20.7 Å². The minimum atomic E-state index is -4.74. The highest BCUT2D eigenvalue weighted by Crippen LogP contribution is 2.23. The molecule has 2 amide bonds. The van der Waals surface area contributed by atoms with E-state index < -0.39 is 6.36 Å². The van der Waals surface area contributed by atoms with Gasteiger partial charge >= 0.3 is 6.36 Å². The fourth-order valence-corrected chi connectivity index (χ4v) is 2.66. The molecule has 1 heterocycles. The van der Waals surface area contributed by atoms with Crippen molar-refractivity contribution in [3.63, 3.8) is 0 Å². The second-order valence-corrected chi connectivity index (χ2v) is 5.72. The van der Waals surface area contributed by atoms with E-state index in [4.69, 9.17) is 5.73 Å². The van der Waals surface area contributed by atoms with Crippen molar-refractivity contribution < 1.29 is 32.4 Å². The Hall–Kier alpha value is -2.29. The molecule has 0 spiro atoms. The van der Waals surface area contributed by atoms with Crippen LogP contribution in [-0.2, 0) is 9.59 Å². The minimum Gasteiger partial charge on any atom is -0.406 e. The van der Waals surface area contributed by atoms with Crippen LogP contribution in [0.25, 0.3) is 0 Å². The molecule has 24 heavy (non-hydrogen) atoms. The van der Waals surface area contributed by atoms with Crippen LogP contribution in [0.4, 0.5) is 18.9 Å². The fourth-order valence-electron chi connectivity index (χ4n) is 2.66. The molecule has 6 nitrogen and oxygen atoms in total. The Morgan fingerprint density at radius 2 is 1.79 bits per heavy atom. The number of anilines is 1. The normalized spacial score (nSPS) is 21.1. The van der Waals surface area contributed by atoms with E-state index in [1.807, 2.05) is 0 Å². The average Bonchev–Trinajstić information content (AvgIpc) is 2.48. The standard InChI is InChI=1S/C15H18F3N3O3/c16-15(17,18)24-12-3-1-11(2-4-12)20-13(22)9-21-7-5-10(6-8-21)14(19)23/h1-4,10H,5-9H2,(H2,19,23)(H,20,22)/p+1. The lowest BCUT2D eigenvalue weighted by molar-refractivity contribution is -0.897. The molecule has 1 fully saturated rings. The Balaban J connectivity index is 1.79. The molecule has 9 heteroatoms. The van der Waals surface area contributed by atoms with Gasteiger partial charge in [0.1, 0.15) is 5.75 Å². The van der Waals surface area contributed by atoms with Crippen LogP contribution in [-0.4, -0.2) is 37.8 Å². The number of benzene rings is 1. The number of hydrogen-bond donors (Lipinski definition) is 3. The molecule has 132 valence electrons. The highest BCUT2D eigenvalue weighted by molar-refractivity contribution is 5.91. The summed E-state index contributed by atoms with van der Waals surface area (Å²) in [5.74, 6) is -1.02. The first-order valence-corrected chi connectivity index (χ1v) is 7.51. The molecule has 0 bridgehead atoms. The Labute approximate surface area is 136 Å². The van der Waals surface area contributed by atoms with E-state index in [1.165, 1.54) is 12.1 Å². The van der Waals surface area contributed by atoms with Crippen molar-refractivity contribution in [1.29, 1.82) is 0 Å². The van der Waals surface area contributed by atoms with Crippen molar-refractivity contribution in [2.75, 3.05) is 25.0 Å². The first kappa shape index (κ1) is 18.1. The van der Waals surface area contributed by atoms with Crippen LogP contribution in [0.5, 0.6) is 5.75 Å². The number of primary amides is 1. The maximum Gasteiger partial charge on any atom is 0.573 e. The van der Waals surface area contributed by atoms with Gasteiger partial charge in [0.25, 0.3) is 5.91 Å². The lowest BCUT2D eigenvalue weighted by Crippen LogP contribution is -3.14. The highest BCUT2D eigenvalue weighted by Gasteiger charge is 2.31. The van der Waals surface area contributed by atoms with Gasteiger partial charge in [-0.15, -0.1) is 13.2 Å². The monoisotopic (exact) mass is 346 g/mol. The lowest BCUT2D eigenvalue weighted by Gasteiger charge is -2.27. The molecule has 1 aliphatic rings. The van der Waals surface area contributed by atoms with Crippen molar-refractivity contribution in [2.24, 2.45) is 11.7 Å². The molecule has 4 N–H and O–H groups in total. The zero-order valence-electron chi connectivity index (χ0n) is 12.9. The molecule has 0 atom stereocenters. The Bertz CT molecular complexity index is 582. The third-order valence-electron chi connectivity index (χ3n) is 3.88. The summed E-state index contributed by atoms with van der Waals surface area (Å²) in [4.78, 5) is 24.1. The molecule has 0 aliphatic carbocycles. The van der Waals surface area contributed by atoms with Gasteiger partial charge in [0.15, 0.2) is 6.54 Å². The first-order chi connectivity index (χ1) is 11.2. The number of halogens is 3. The molecule has 0 unspecified atom stereocenters. The topological polar surface area (TPSA) is 85.9 Å². The number of hydrogen-bond acceptors (Lipinski definition) is 3. The molecular weight excluding hydrogens is 327 g/mol. The zero-order chi connectivity index (χ0) is 17.7. The molecule has 1 aliphatic heterocycles. The number of amides is 2. The van der Waals surface area contributed by atoms with E-state index in [0.29, 0.717) is 31.6 Å². The third-order valence-corrected chi connectivity index (χ3v) is 3.88. The van der Waals surface area contributed by atoms with E-state index in [9.17, 15) is 22.8 Å². The van der Waals surface area contributed by atoms with Crippen molar-refractivity contribution in [3.8, 4) is 5.75 Å². The van der Waals surface area contributed by atoms with E-state index in [-0.39, 0.29) is 30.0 Å². The molecule has 1 aromatic carbocycles. The predicted molar refractivity (Wildman–Crippen MR) is 79.2 cm³/mol. The zero-order valence-corrected chi connectivity index (χ0v) is 12.9. The van der Waals surface area contributed by atoms with E-state index in [0.717, 1.165) is 17.0 Å². The Kier molecular flexibility index (Phi) is 5.66. The van der Waals surface area contributed by atoms with Crippen LogP contribution in [0.3, 0.4) is 0 Å². The minimum absolute atomic E-state index is 0.127. The van der Waals surface area contributed by atoms with Gasteiger partial charge in [0.05, 0.1) is 13.1 Å². The van der Waals surface area contributed by atoms with Gasteiger partial charge in [0, 0.05) is 24.4 Å². The summed E-state index contributed by atoms with van der Waals surface area (Å²) in [7, 11) is 0. The molecule has 0 radical (unpaired) electrons. The number of likely N-dealkylation sites (tertiary alicyclic amines) is 1. The number of ether oxygens (including phenoxy) is 1. The summed E-state index contributed by atoms with van der Waals surface area (Å²) >= 11 is 0. The van der Waals surface area contributed by atoms with Crippen LogP contribution >= 0.6 is 0 Å². The van der Waals surface area contributed by atoms with Gasteiger partial charge in [-0.3, -0.25) is 9.59 Å². The van der Waals surface area contributed by atoms with E-state index in [1.54, 1.807) is 0 Å². The molecule has 0 saturated carbocycles. The van der Waals surface area contributed by atoms with Crippen molar-refractivity contribution in [1.82, 2.24) is 0 Å². The second kappa shape index (κ2) is 7.52. The molecule has 1 saturated heterocycles. The van der Waals surface area contributed by atoms with Crippen LogP contribution in [0.1, 0.15) is 12.8 Å². The number of quaternary nitrogens is 1. The van der Waals surface area contributed by atoms with Crippen LogP contribution in [0, 0.1) is 5.92 Å². The summed E-state index contributed by atoms with van der Waals surface area (Å²) in [5, 5.41) is 2.63. The predicted octanol–water partition coefficient (Wildman–Crippen LogP) is 0.304. The first-order valence-electron chi connectivity index (χ1n) is 7.51. The van der Waals surface area contributed by atoms with Crippen LogP contribution in [0.2, 0.25) is 0 Å². The number of alkyl halides is 3.